The fourth-order valence-corrected chi connectivity index (χ4v) is 10.5. The van der Waals surface area contributed by atoms with Crippen LogP contribution in [-0.2, 0) is 5.41 Å². The molecular weight excluding hydrogens is 691 g/mol. The number of rotatable bonds is 3. The maximum Gasteiger partial charge on any atom is 0.143 e. The van der Waals surface area contributed by atoms with Gasteiger partial charge in [-0.25, -0.2) is 0 Å². The van der Waals surface area contributed by atoms with Gasteiger partial charge in [-0.15, -0.1) is 0 Å². The van der Waals surface area contributed by atoms with Gasteiger partial charge in [0.25, 0.3) is 0 Å². The third-order valence-corrected chi connectivity index (χ3v) is 12.8. The van der Waals surface area contributed by atoms with E-state index in [0.29, 0.717) is 0 Å². The first-order chi connectivity index (χ1) is 28.3. The molecule has 2 heterocycles. The highest BCUT2D eigenvalue weighted by molar-refractivity contribution is 6.17. The normalized spacial score (nSPS) is 13.4. The monoisotopic (exact) mass is 723 g/mol. The lowest BCUT2D eigenvalue weighted by atomic mass is 9.70. The Bertz CT molecular complexity index is 3410. The SMILES string of the molecule is c1ccc(-n2c3ccc(-c4ccc(-c5cccc6c5oc5ccccc56)cc4)cc3c3ccc4c(c32)-c2ccccc2C42c3ccccc3-c3ccccc32)cc1. The van der Waals surface area contributed by atoms with Crippen LogP contribution in [0.1, 0.15) is 22.3 Å². The minimum absolute atomic E-state index is 0.398. The molecule has 2 nitrogen and oxygen atoms in total. The molecule has 0 radical (unpaired) electrons. The number of para-hydroxylation sites is 3. The molecule has 2 aliphatic rings. The number of nitrogens with zero attached hydrogens (tertiary/aromatic N) is 1. The molecule has 0 atom stereocenters. The van der Waals surface area contributed by atoms with Crippen molar-refractivity contribution in [3.05, 3.63) is 222 Å². The van der Waals surface area contributed by atoms with Crippen molar-refractivity contribution in [2.24, 2.45) is 0 Å². The van der Waals surface area contributed by atoms with E-state index in [9.17, 15) is 0 Å². The summed E-state index contributed by atoms with van der Waals surface area (Å²) in [4.78, 5) is 0. The molecular formula is C55H33NO. The molecule has 0 aliphatic heterocycles. The summed E-state index contributed by atoms with van der Waals surface area (Å²) in [7, 11) is 0. The summed E-state index contributed by atoms with van der Waals surface area (Å²) in [6.07, 6.45) is 0. The van der Waals surface area contributed by atoms with Crippen LogP contribution in [0.2, 0.25) is 0 Å². The Labute approximate surface area is 329 Å². The van der Waals surface area contributed by atoms with Gasteiger partial charge in [-0.1, -0.05) is 170 Å². The third kappa shape index (κ3) is 3.99. The van der Waals surface area contributed by atoms with Crippen molar-refractivity contribution in [2.45, 2.75) is 5.41 Å². The molecule has 0 amide bonds. The average Bonchev–Trinajstić information content (AvgIpc) is 4.00. The number of hydrogen-bond acceptors (Lipinski definition) is 1. The van der Waals surface area contributed by atoms with Crippen LogP contribution in [-0.4, -0.2) is 4.57 Å². The molecule has 2 aliphatic carbocycles. The van der Waals surface area contributed by atoms with Crippen molar-refractivity contribution in [1.29, 1.82) is 0 Å². The summed E-state index contributed by atoms with van der Waals surface area (Å²) in [5, 5.41) is 4.80. The third-order valence-electron chi connectivity index (χ3n) is 12.8. The van der Waals surface area contributed by atoms with E-state index in [1.165, 1.54) is 77.4 Å². The predicted molar refractivity (Wildman–Crippen MR) is 235 cm³/mol. The maximum absolute atomic E-state index is 6.40. The van der Waals surface area contributed by atoms with Gasteiger partial charge in [-0.05, 0) is 86.0 Å². The van der Waals surface area contributed by atoms with Crippen molar-refractivity contribution in [2.75, 3.05) is 0 Å². The van der Waals surface area contributed by atoms with Crippen LogP contribution in [0.3, 0.4) is 0 Å². The molecule has 0 fully saturated rings. The summed E-state index contributed by atoms with van der Waals surface area (Å²) in [5.41, 5.74) is 20.4. The second-order valence-corrected chi connectivity index (χ2v) is 15.5. The topological polar surface area (TPSA) is 18.1 Å². The summed E-state index contributed by atoms with van der Waals surface area (Å²) in [6.45, 7) is 0. The van der Waals surface area contributed by atoms with E-state index < -0.39 is 5.41 Å². The van der Waals surface area contributed by atoms with Gasteiger partial charge in [0.15, 0.2) is 0 Å². The van der Waals surface area contributed by atoms with Gasteiger partial charge in [0.1, 0.15) is 11.2 Å². The summed E-state index contributed by atoms with van der Waals surface area (Å²) < 4.78 is 8.90. The van der Waals surface area contributed by atoms with Crippen LogP contribution in [0, 0.1) is 0 Å². The van der Waals surface area contributed by atoms with E-state index in [-0.39, 0.29) is 0 Å². The van der Waals surface area contributed by atoms with Gasteiger partial charge in [-0.2, -0.15) is 0 Å². The molecule has 0 saturated carbocycles. The highest BCUT2D eigenvalue weighted by Crippen LogP contribution is 2.64. The summed E-state index contributed by atoms with van der Waals surface area (Å²) >= 11 is 0. The van der Waals surface area contributed by atoms with Gasteiger partial charge < -0.3 is 8.98 Å². The fraction of sp³-hybridized carbons (Fsp3) is 0.0182. The quantitative estimate of drug-likeness (QED) is 0.177. The molecule has 1 spiro atoms. The highest BCUT2D eigenvalue weighted by atomic mass is 16.3. The number of fused-ring (bicyclic) bond motifs is 17. The molecule has 0 saturated heterocycles. The van der Waals surface area contributed by atoms with Crippen molar-refractivity contribution < 1.29 is 4.42 Å². The van der Waals surface area contributed by atoms with Crippen LogP contribution in [0.5, 0.6) is 0 Å². The lowest BCUT2D eigenvalue weighted by Gasteiger charge is -2.30. The molecule has 2 heteroatoms. The van der Waals surface area contributed by atoms with Crippen molar-refractivity contribution >= 4 is 43.7 Å². The maximum atomic E-state index is 6.40. The lowest BCUT2D eigenvalue weighted by Crippen LogP contribution is -2.25. The zero-order valence-electron chi connectivity index (χ0n) is 30.9. The van der Waals surface area contributed by atoms with Crippen molar-refractivity contribution in [3.8, 4) is 50.2 Å². The van der Waals surface area contributed by atoms with Gasteiger partial charge in [0.2, 0.25) is 0 Å². The Morgan fingerprint density at radius 2 is 0.965 bits per heavy atom. The molecule has 13 rings (SSSR count). The van der Waals surface area contributed by atoms with Gasteiger partial charge >= 0.3 is 0 Å². The predicted octanol–water partition coefficient (Wildman–Crippen LogP) is 14.4. The first-order valence-electron chi connectivity index (χ1n) is 19.8. The lowest BCUT2D eigenvalue weighted by molar-refractivity contribution is 0.670. The molecule has 264 valence electrons. The highest BCUT2D eigenvalue weighted by Gasteiger charge is 2.52. The minimum Gasteiger partial charge on any atom is -0.455 e. The number of furan rings is 1. The number of benzene rings is 9. The van der Waals surface area contributed by atoms with Gasteiger partial charge in [0.05, 0.1) is 16.4 Å². The Hall–Kier alpha value is -7.42. The van der Waals surface area contributed by atoms with Gasteiger partial charge in [0, 0.05) is 38.4 Å². The first-order valence-corrected chi connectivity index (χ1v) is 19.8. The van der Waals surface area contributed by atoms with Crippen molar-refractivity contribution in [3.63, 3.8) is 0 Å². The Morgan fingerprint density at radius 3 is 1.74 bits per heavy atom. The average molecular weight is 724 g/mol. The smallest absolute Gasteiger partial charge is 0.143 e. The fourth-order valence-electron chi connectivity index (χ4n) is 10.5. The van der Waals surface area contributed by atoms with Gasteiger partial charge in [-0.3, -0.25) is 0 Å². The largest absolute Gasteiger partial charge is 0.455 e. The van der Waals surface area contributed by atoms with Crippen molar-refractivity contribution in [1.82, 2.24) is 4.57 Å². The molecule has 2 aromatic heterocycles. The van der Waals surface area contributed by atoms with Crippen LogP contribution in [0.15, 0.2) is 205 Å². The minimum atomic E-state index is -0.398. The van der Waals surface area contributed by atoms with E-state index in [0.717, 1.165) is 38.8 Å². The molecule has 0 N–H and O–H groups in total. The van der Waals surface area contributed by atoms with Crippen LogP contribution >= 0.6 is 0 Å². The second kappa shape index (κ2) is 11.3. The van der Waals surface area contributed by atoms with E-state index in [2.05, 4.69) is 193 Å². The molecule has 57 heavy (non-hydrogen) atoms. The van der Waals surface area contributed by atoms with E-state index >= 15 is 0 Å². The summed E-state index contributed by atoms with van der Waals surface area (Å²) in [5.74, 6) is 0. The van der Waals surface area contributed by atoms with Crippen LogP contribution in [0.25, 0.3) is 93.9 Å². The van der Waals surface area contributed by atoms with E-state index in [4.69, 9.17) is 4.42 Å². The number of aromatic nitrogens is 1. The number of hydrogen-bond donors (Lipinski definition) is 0. The zero-order chi connectivity index (χ0) is 37.2. The van der Waals surface area contributed by atoms with E-state index in [1.54, 1.807) is 0 Å². The molecule has 0 bridgehead atoms. The van der Waals surface area contributed by atoms with E-state index in [1.807, 2.05) is 12.1 Å². The van der Waals surface area contributed by atoms with Crippen LogP contribution in [0.4, 0.5) is 0 Å². The standard InChI is InChI=1S/C55H33NO/c1-2-13-37(14-3-1)56-50-32-29-36(34-25-27-35(28-26-34)38-19-12-20-43-41-17-7-11-24-51(41)57-54(38)43)33-45(50)42-30-31-49-52(53(42)56)44-18-6-10-23-48(44)55(49)46-21-8-4-15-39(46)40-16-5-9-22-47(40)55/h1-33H. The molecule has 11 aromatic rings. The Balaban J connectivity index is 1.04. The second-order valence-electron chi connectivity index (χ2n) is 15.5. The Kier molecular flexibility index (Phi) is 6.13. The molecule has 9 aromatic carbocycles. The van der Waals surface area contributed by atoms with Crippen LogP contribution < -0.4 is 0 Å². The first kappa shape index (κ1) is 30.9. The molecule has 0 unspecified atom stereocenters. The summed E-state index contributed by atoms with van der Waals surface area (Å²) in [6, 6.07) is 73.6. The Morgan fingerprint density at radius 1 is 0.368 bits per heavy atom. The zero-order valence-corrected chi connectivity index (χ0v) is 30.9.